The Morgan fingerprint density at radius 1 is 1.45 bits per heavy atom. The third-order valence-corrected chi connectivity index (χ3v) is 4.03. The van der Waals surface area contributed by atoms with Crippen molar-refractivity contribution in [3.63, 3.8) is 0 Å². The van der Waals surface area contributed by atoms with Gasteiger partial charge in [0, 0.05) is 13.7 Å². The number of carbonyl (C=O) groups excluding carboxylic acids is 2. The molecule has 2 saturated heterocycles. The van der Waals surface area contributed by atoms with Crippen molar-refractivity contribution in [1.29, 1.82) is 0 Å². The molecule has 4 atom stereocenters. The van der Waals surface area contributed by atoms with Gasteiger partial charge >= 0.3 is 0 Å². The van der Waals surface area contributed by atoms with Crippen LogP contribution in [0.25, 0.3) is 0 Å². The van der Waals surface area contributed by atoms with E-state index in [1.165, 1.54) is 14.0 Å². The standard InChI is InChI=1S/C13H20N2O7/c1-7(4-5-16)12(21-3)9(18)15-13(10(19)14-12)8(17)11(2,20)6-22-13/h8,16-17,20H,1,4-6H2,2-3H3,(H,14,19)(H,15,18)/t8?,11-,12+,13?/m0/s1. The third kappa shape index (κ3) is 2.13. The van der Waals surface area contributed by atoms with Crippen LogP contribution >= 0.6 is 0 Å². The Hall–Kier alpha value is -1.52. The predicted molar refractivity (Wildman–Crippen MR) is 72.2 cm³/mol. The fourth-order valence-electron chi connectivity index (χ4n) is 2.62. The molecule has 9 heteroatoms. The molecule has 0 aliphatic carbocycles. The third-order valence-electron chi connectivity index (χ3n) is 4.03. The Kier molecular flexibility index (Phi) is 4.05. The molecule has 9 nitrogen and oxygen atoms in total. The monoisotopic (exact) mass is 316 g/mol. The molecular weight excluding hydrogens is 296 g/mol. The minimum absolute atomic E-state index is 0.0235. The van der Waals surface area contributed by atoms with E-state index in [1.54, 1.807) is 0 Å². The smallest absolute Gasteiger partial charge is 0.280 e. The van der Waals surface area contributed by atoms with Crippen molar-refractivity contribution in [2.24, 2.45) is 0 Å². The second-order valence-electron chi connectivity index (χ2n) is 5.65. The lowest BCUT2D eigenvalue weighted by Gasteiger charge is -2.44. The molecule has 124 valence electrons. The number of methoxy groups -OCH3 is 1. The summed E-state index contributed by atoms with van der Waals surface area (Å²) in [5.41, 5.74) is -5.53. The van der Waals surface area contributed by atoms with Gasteiger partial charge in [-0.3, -0.25) is 9.59 Å². The highest BCUT2D eigenvalue weighted by Crippen LogP contribution is 2.36. The molecule has 5 N–H and O–H groups in total. The van der Waals surface area contributed by atoms with Crippen LogP contribution in [-0.2, 0) is 19.1 Å². The van der Waals surface area contributed by atoms with Crippen molar-refractivity contribution in [2.75, 3.05) is 20.3 Å². The summed E-state index contributed by atoms with van der Waals surface area (Å²) in [7, 11) is 1.20. The number of hydrogen-bond acceptors (Lipinski definition) is 7. The number of aliphatic hydroxyl groups excluding tert-OH is 2. The normalized spacial score (nSPS) is 41.4. The summed E-state index contributed by atoms with van der Waals surface area (Å²) in [6.45, 7) is 4.31. The maximum Gasteiger partial charge on any atom is 0.280 e. The van der Waals surface area contributed by atoms with Gasteiger partial charge in [0.2, 0.25) is 5.72 Å². The number of carbonyl (C=O) groups is 2. The Bertz CT molecular complexity index is 521. The summed E-state index contributed by atoms with van der Waals surface area (Å²) in [6.07, 6.45) is -1.64. The Balaban J connectivity index is 2.35. The van der Waals surface area contributed by atoms with Gasteiger partial charge in [0.25, 0.3) is 17.5 Å². The van der Waals surface area contributed by atoms with Crippen LogP contribution < -0.4 is 10.6 Å². The van der Waals surface area contributed by atoms with Crippen LogP contribution in [0.4, 0.5) is 0 Å². The predicted octanol–water partition coefficient (Wildman–Crippen LogP) is -2.65. The molecule has 2 heterocycles. The van der Waals surface area contributed by atoms with E-state index < -0.39 is 35.0 Å². The Morgan fingerprint density at radius 2 is 2.09 bits per heavy atom. The average Bonchev–Trinajstić information content (AvgIpc) is 2.68. The maximum absolute atomic E-state index is 12.5. The molecule has 0 aromatic heterocycles. The van der Waals surface area contributed by atoms with Gasteiger partial charge in [-0.15, -0.1) is 0 Å². The van der Waals surface area contributed by atoms with E-state index >= 15 is 0 Å². The van der Waals surface area contributed by atoms with Crippen molar-refractivity contribution < 1.29 is 34.4 Å². The van der Waals surface area contributed by atoms with E-state index in [4.69, 9.17) is 14.6 Å². The summed E-state index contributed by atoms with van der Waals surface area (Å²) in [5.74, 6) is -1.69. The molecule has 2 amide bonds. The lowest BCUT2D eigenvalue weighted by atomic mass is 9.89. The highest BCUT2D eigenvalue weighted by atomic mass is 16.6. The quantitative estimate of drug-likeness (QED) is 0.357. The van der Waals surface area contributed by atoms with E-state index in [9.17, 15) is 19.8 Å². The molecule has 2 aliphatic heterocycles. The summed E-state index contributed by atoms with van der Waals surface area (Å²) < 4.78 is 10.3. The number of nitrogens with one attached hydrogen (secondary N) is 2. The first kappa shape index (κ1) is 16.8. The van der Waals surface area contributed by atoms with Crippen LogP contribution in [0, 0.1) is 0 Å². The van der Waals surface area contributed by atoms with Gasteiger partial charge in [-0.1, -0.05) is 6.58 Å². The first-order valence-electron chi connectivity index (χ1n) is 6.70. The minimum Gasteiger partial charge on any atom is -0.396 e. The number of aliphatic hydroxyl groups is 3. The zero-order valence-corrected chi connectivity index (χ0v) is 12.4. The first-order valence-corrected chi connectivity index (χ1v) is 6.70. The van der Waals surface area contributed by atoms with Crippen LogP contribution in [0.2, 0.25) is 0 Å². The van der Waals surface area contributed by atoms with Crippen LogP contribution in [0.1, 0.15) is 13.3 Å². The number of ether oxygens (including phenoxy) is 2. The zero-order chi connectivity index (χ0) is 16.8. The number of rotatable bonds is 4. The molecule has 0 aromatic carbocycles. The van der Waals surface area contributed by atoms with Crippen molar-refractivity contribution in [1.82, 2.24) is 10.6 Å². The van der Waals surface area contributed by atoms with Crippen molar-refractivity contribution in [2.45, 2.75) is 36.5 Å². The highest BCUT2D eigenvalue weighted by Gasteiger charge is 2.66. The van der Waals surface area contributed by atoms with Crippen LogP contribution in [0.3, 0.4) is 0 Å². The highest BCUT2D eigenvalue weighted by molar-refractivity contribution is 6.03. The summed E-state index contributed by atoms with van der Waals surface area (Å²) in [4.78, 5) is 24.9. The molecule has 0 saturated carbocycles. The number of hydrogen-bond donors (Lipinski definition) is 5. The second kappa shape index (κ2) is 5.28. The first-order chi connectivity index (χ1) is 10.2. The van der Waals surface area contributed by atoms with E-state index in [0.717, 1.165) is 0 Å². The molecule has 1 spiro atoms. The molecule has 2 rings (SSSR count). The fraction of sp³-hybridized carbons (Fsp3) is 0.692. The van der Waals surface area contributed by atoms with E-state index in [2.05, 4.69) is 17.2 Å². The Morgan fingerprint density at radius 3 is 2.55 bits per heavy atom. The molecule has 22 heavy (non-hydrogen) atoms. The lowest BCUT2D eigenvalue weighted by molar-refractivity contribution is -0.187. The fourth-order valence-corrected chi connectivity index (χ4v) is 2.62. The molecule has 0 radical (unpaired) electrons. The molecule has 2 aliphatic rings. The van der Waals surface area contributed by atoms with Crippen molar-refractivity contribution in [3.05, 3.63) is 12.2 Å². The average molecular weight is 316 g/mol. The van der Waals surface area contributed by atoms with Crippen LogP contribution in [0.5, 0.6) is 0 Å². The van der Waals surface area contributed by atoms with Gasteiger partial charge in [-0.25, -0.2) is 0 Å². The summed E-state index contributed by atoms with van der Waals surface area (Å²) in [5, 5.41) is 33.7. The number of amides is 2. The largest absolute Gasteiger partial charge is 0.396 e. The summed E-state index contributed by atoms with van der Waals surface area (Å²) >= 11 is 0. The zero-order valence-electron chi connectivity index (χ0n) is 12.4. The summed E-state index contributed by atoms with van der Waals surface area (Å²) in [6, 6.07) is 0. The van der Waals surface area contributed by atoms with Crippen molar-refractivity contribution >= 4 is 11.8 Å². The Labute approximate surface area is 126 Å². The second-order valence-corrected chi connectivity index (χ2v) is 5.65. The topological polar surface area (TPSA) is 137 Å². The van der Waals surface area contributed by atoms with Gasteiger partial charge < -0.3 is 35.4 Å². The minimum atomic E-state index is -2.10. The lowest BCUT2D eigenvalue weighted by Crippen LogP contribution is -2.79. The SMILES string of the molecule is C=C(CCO)[C@]1(OC)NC(=O)C2(NC1=O)OC[C@](C)(O)C2O. The molecule has 2 fully saturated rings. The number of piperazine rings is 1. The molecule has 2 unspecified atom stereocenters. The van der Waals surface area contributed by atoms with E-state index in [1.807, 2.05) is 0 Å². The molecule has 0 bridgehead atoms. The molecular formula is C13H20N2O7. The van der Waals surface area contributed by atoms with Gasteiger partial charge in [0.1, 0.15) is 11.7 Å². The van der Waals surface area contributed by atoms with Crippen LogP contribution in [0.15, 0.2) is 12.2 Å². The van der Waals surface area contributed by atoms with Crippen molar-refractivity contribution in [3.8, 4) is 0 Å². The van der Waals surface area contributed by atoms with Gasteiger partial charge in [-0.2, -0.15) is 0 Å². The van der Waals surface area contributed by atoms with Gasteiger partial charge in [0.05, 0.1) is 6.61 Å². The van der Waals surface area contributed by atoms with Gasteiger partial charge in [0.15, 0.2) is 0 Å². The van der Waals surface area contributed by atoms with Gasteiger partial charge in [-0.05, 0) is 18.9 Å². The van der Waals surface area contributed by atoms with E-state index in [0.29, 0.717) is 0 Å². The molecule has 0 aromatic rings. The van der Waals surface area contributed by atoms with E-state index in [-0.39, 0.29) is 25.2 Å². The van der Waals surface area contributed by atoms with Crippen LogP contribution in [-0.4, -0.2) is 70.6 Å². The maximum atomic E-state index is 12.5.